The molecule has 1 N–H and O–H groups in total. The maximum Gasteiger partial charge on any atom is 0.123 e. The van der Waals surface area contributed by atoms with Crippen LogP contribution in [-0.4, -0.2) is 16.1 Å². The van der Waals surface area contributed by atoms with E-state index in [0.717, 1.165) is 30.3 Å². The third-order valence-electron chi connectivity index (χ3n) is 3.97. The van der Waals surface area contributed by atoms with Crippen molar-refractivity contribution < 1.29 is 0 Å². The first-order chi connectivity index (χ1) is 9.34. The third kappa shape index (κ3) is 2.71. The van der Waals surface area contributed by atoms with Crippen molar-refractivity contribution in [1.82, 2.24) is 14.9 Å². The molecular formula is C16H21N3. The largest absolute Gasteiger partial charge is 0.330 e. The summed E-state index contributed by atoms with van der Waals surface area (Å²) in [6, 6.07) is 8.30. The molecule has 1 unspecified atom stereocenters. The van der Waals surface area contributed by atoms with Crippen LogP contribution in [0, 0.1) is 5.92 Å². The molecule has 1 atom stereocenters. The van der Waals surface area contributed by atoms with Crippen molar-refractivity contribution in [3.63, 3.8) is 0 Å². The number of imidazole rings is 1. The van der Waals surface area contributed by atoms with Crippen LogP contribution >= 0.6 is 0 Å². The van der Waals surface area contributed by atoms with Crippen LogP contribution in [0.15, 0.2) is 36.4 Å². The highest BCUT2D eigenvalue weighted by Gasteiger charge is 2.10. The molecule has 0 fully saturated rings. The van der Waals surface area contributed by atoms with Gasteiger partial charge in [0, 0.05) is 7.05 Å². The van der Waals surface area contributed by atoms with Gasteiger partial charge < -0.3 is 9.88 Å². The summed E-state index contributed by atoms with van der Waals surface area (Å²) in [6.45, 7) is 1.94. The average molecular weight is 255 g/mol. The van der Waals surface area contributed by atoms with Crippen LogP contribution in [0.5, 0.6) is 0 Å². The summed E-state index contributed by atoms with van der Waals surface area (Å²) in [4.78, 5) is 4.68. The molecule has 2 aromatic rings. The van der Waals surface area contributed by atoms with Crippen LogP contribution < -0.4 is 5.32 Å². The molecule has 0 bridgehead atoms. The van der Waals surface area contributed by atoms with Gasteiger partial charge in [-0.1, -0.05) is 24.3 Å². The molecule has 3 heteroatoms. The number of para-hydroxylation sites is 2. The second-order valence-corrected chi connectivity index (χ2v) is 5.36. The van der Waals surface area contributed by atoms with Gasteiger partial charge in [-0.2, -0.15) is 0 Å². The van der Waals surface area contributed by atoms with Crippen LogP contribution in [0.25, 0.3) is 11.0 Å². The number of aromatic nitrogens is 2. The molecule has 1 aromatic heterocycles. The lowest BCUT2D eigenvalue weighted by molar-refractivity contribution is 0.436. The molecule has 0 saturated heterocycles. The lowest BCUT2D eigenvalue weighted by Gasteiger charge is -2.17. The number of nitrogens with one attached hydrogen (secondary N) is 1. The Labute approximate surface area is 114 Å². The predicted molar refractivity (Wildman–Crippen MR) is 78.9 cm³/mol. The summed E-state index contributed by atoms with van der Waals surface area (Å²) < 4.78 is 2.18. The monoisotopic (exact) mass is 255 g/mol. The number of benzene rings is 1. The minimum Gasteiger partial charge on any atom is -0.330 e. The summed E-state index contributed by atoms with van der Waals surface area (Å²) in [6.07, 6.45) is 8.37. The Kier molecular flexibility index (Phi) is 3.65. The van der Waals surface area contributed by atoms with Crippen LogP contribution in [-0.2, 0) is 13.6 Å². The fourth-order valence-electron chi connectivity index (χ4n) is 2.78. The number of aryl methyl sites for hydroxylation is 1. The molecule has 1 aromatic carbocycles. The number of allylic oxidation sites excluding steroid dienone is 2. The first-order valence-electron chi connectivity index (χ1n) is 7.10. The minimum absolute atomic E-state index is 0.791. The van der Waals surface area contributed by atoms with Crippen molar-refractivity contribution in [3.8, 4) is 0 Å². The lowest BCUT2D eigenvalue weighted by Crippen LogP contribution is -2.24. The number of rotatable bonds is 4. The topological polar surface area (TPSA) is 29.9 Å². The minimum atomic E-state index is 0.791. The smallest absolute Gasteiger partial charge is 0.123 e. The molecule has 0 amide bonds. The van der Waals surface area contributed by atoms with Gasteiger partial charge in [0.05, 0.1) is 17.6 Å². The first kappa shape index (κ1) is 12.4. The molecule has 3 rings (SSSR count). The summed E-state index contributed by atoms with van der Waals surface area (Å²) in [5.41, 5.74) is 2.29. The van der Waals surface area contributed by atoms with Gasteiger partial charge in [-0.3, -0.25) is 0 Å². The SMILES string of the molecule is Cn1c(CNCC2CC=CCC2)nc2ccccc21. The predicted octanol–water partition coefficient (Wildman–Crippen LogP) is 3.02. The van der Waals surface area contributed by atoms with Crippen LogP contribution in [0.4, 0.5) is 0 Å². The van der Waals surface area contributed by atoms with Gasteiger partial charge in [0.2, 0.25) is 0 Å². The summed E-state index contributed by atoms with van der Waals surface area (Å²) >= 11 is 0. The van der Waals surface area contributed by atoms with Crippen molar-refractivity contribution >= 4 is 11.0 Å². The normalized spacial score (nSPS) is 19.1. The Morgan fingerprint density at radius 2 is 2.21 bits per heavy atom. The molecule has 1 aliphatic carbocycles. The molecule has 100 valence electrons. The molecule has 0 aliphatic heterocycles. The van der Waals surface area contributed by atoms with Crippen molar-refractivity contribution in [2.24, 2.45) is 13.0 Å². The average Bonchev–Trinajstić information content (AvgIpc) is 2.78. The Bertz CT molecular complexity index is 583. The molecule has 0 radical (unpaired) electrons. The second kappa shape index (κ2) is 5.57. The van der Waals surface area contributed by atoms with E-state index >= 15 is 0 Å². The van der Waals surface area contributed by atoms with Crippen LogP contribution in [0.1, 0.15) is 25.1 Å². The summed E-state index contributed by atoms with van der Waals surface area (Å²) in [5.74, 6) is 1.91. The van der Waals surface area contributed by atoms with E-state index in [1.165, 1.54) is 24.8 Å². The van der Waals surface area contributed by atoms with E-state index in [1.807, 2.05) is 6.07 Å². The number of nitrogens with zero attached hydrogens (tertiary/aromatic N) is 2. The van der Waals surface area contributed by atoms with Crippen LogP contribution in [0.2, 0.25) is 0 Å². The fourth-order valence-corrected chi connectivity index (χ4v) is 2.78. The third-order valence-corrected chi connectivity index (χ3v) is 3.97. The van der Waals surface area contributed by atoms with E-state index < -0.39 is 0 Å². The van der Waals surface area contributed by atoms with Gasteiger partial charge in [-0.15, -0.1) is 0 Å². The van der Waals surface area contributed by atoms with Gasteiger partial charge in [0.1, 0.15) is 5.82 Å². The quantitative estimate of drug-likeness (QED) is 0.851. The maximum atomic E-state index is 4.68. The zero-order chi connectivity index (χ0) is 13.1. The van der Waals surface area contributed by atoms with Crippen molar-refractivity contribution in [2.75, 3.05) is 6.54 Å². The molecule has 1 aliphatic rings. The van der Waals surface area contributed by atoms with E-state index in [-0.39, 0.29) is 0 Å². The fraction of sp³-hybridized carbons (Fsp3) is 0.438. The molecular weight excluding hydrogens is 234 g/mol. The first-order valence-corrected chi connectivity index (χ1v) is 7.10. The van der Waals surface area contributed by atoms with E-state index in [0.29, 0.717) is 0 Å². The highest BCUT2D eigenvalue weighted by atomic mass is 15.1. The van der Waals surface area contributed by atoms with Gasteiger partial charge in [0.15, 0.2) is 0 Å². The van der Waals surface area contributed by atoms with Crippen molar-refractivity contribution in [3.05, 3.63) is 42.2 Å². The Morgan fingerprint density at radius 3 is 3.00 bits per heavy atom. The molecule has 3 nitrogen and oxygen atoms in total. The Morgan fingerprint density at radius 1 is 1.32 bits per heavy atom. The molecule has 0 spiro atoms. The van der Waals surface area contributed by atoms with Crippen molar-refractivity contribution in [2.45, 2.75) is 25.8 Å². The maximum absolute atomic E-state index is 4.68. The zero-order valence-corrected chi connectivity index (χ0v) is 11.5. The second-order valence-electron chi connectivity index (χ2n) is 5.36. The van der Waals surface area contributed by atoms with Gasteiger partial charge >= 0.3 is 0 Å². The summed E-state index contributed by atoms with van der Waals surface area (Å²) in [7, 11) is 2.09. The summed E-state index contributed by atoms with van der Waals surface area (Å²) in [5, 5.41) is 3.56. The zero-order valence-electron chi connectivity index (χ0n) is 11.5. The number of hydrogen-bond acceptors (Lipinski definition) is 2. The van der Waals surface area contributed by atoms with Gasteiger partial charge in [-0.25, -0.2) is 4.98 Å². The standard InChI is InChI=1S/C16H21N3/c1-19-15-10-6-5-9-14(15)18-16(19)12-17-11-13-7-3-2-4-8-13/h2-3,5-6,9-10,13,17H,4,7-8,11-12H2,1H3. The van der Waals surface area contributed by atoms with Gasteiger partial charge in [0.25, 0.3) is 0 Å². The van der Waals surface area contributed by atoms with E-state index in [2.05, 4.69) is 52.3 Å². The lowest BCUT2D eigenvalue weighted by atomic mass is 9.94. The number of hydrogen-bond donors (Lipinski definition) is 1. The highest BCUT2D eigenvalue weighted by molar-refractivity contribution is 5.75. The Hall–Kier alpha value is -1.61. The van der Waals surface area contributed by atoms with Crippen LogP contribution in [0.3, 0.4) is 0 Å². The van der Waals surface area contributed by atoms with Crippen molar-refractivity contribution in [1.29, 1.82) is 0 Å². The molecule has 0 saturated carbocycles. The van der Waals surface area contributed by atoms with E-state index in [1.54, 1.807) is 0 Å². The van der Waals surface area contributed by atoms with E-state index in [4.69, 9.17) is 0 Å². The van der Waals surface area contributed by atoms with Gasteiger partial charge in [-0.05, 0) is 43.9 Å². The molecule has 1 heterocycles. The Balaban J connectivity index is 1.62. The number of fused-ring (bicyclic) bond motifs is 1. The molecule has 19 heavy (non-hydrogen) atoms. The highest BCUT2D eigenvalue weighted by Crippen LogP contribution is 2.17. The van der Waals surface area contributed by atoms with E-state index in [9.17, 15) is 0 Å².